The van der Waals surface area contributed by atoms with Crippen LogP contribution < -0.4 is 20.5 Å². The summed E-state index contributed by atoms with van der Waals surface area (Å²) in [6.07, 6.45) is 3.40. The van der Waals surface area contributed by atoms with Crippen molar-refractivity contribution >= 4 is 24.0 Å². The van der Waals surface area contributed by atoms with Gasteiger partial charge in [0.2, 0.25) is 5.91 Å². The number of amides is 1. The van der Waals surface area contributed by atoms with Gasteiger partial charge in [0, 0.05) is 17.8 Å². The lowest BCUT2D eigenvalue weighted by molar-refractivity contribution is -0.121. The molecular formula is C17H25ClN2O3. The van der Waals surface area contributed by atoms with E-state index in [0.717, 1.165) is 24.1 Å². The number of carbonyl (C=O) groups excluding carboxylic acids is 1. The van der Waals surface area contributed by atoms with Gasteiger partial charge in [-0.2, -0.15) is 0 Å². The smallest absolute Gasteiger partial charge is 0.229 e. The summed E-state index contributed by atoms with van der Waals surface area (Å²) in [7, 11) is 3.19. The summed E-state index contributed by atoms with van der Waals surface area (Å²) in [5.41, 5.74) is 7.96. The van der Waals surface area contributed by atoms with Crippen molar-refractivity contribution < 1.29 is 14.3 Å². The van der Waals surface area contributed by atoms with Gasteiger partial charge in [0.1, 0.15) is 0 Å². The van der Waals surface area contributed by atoms with Crippen LogP contribution >= 0.6 is 12.4 Å². The summed E-state index contributed by atoms with van der Waals surface area (Å²) in [5.74, 6) is 2.21. The van der Waals surface area contributed by atoms with Crippen molar-refractivity contribution in [2.75, 3.05) is 19.5 Å². The van der Waals surface area contributed by atoms with Crippen LogP contribution in [-0.4, -0.2) is 26.2 Å². The number of nitrogens with two attached hydrogens (primary N) is 1. The number of rotatable bonds is 4. The highest BCUT2D eigenvalue weighted by Gasteiger charge is 2.49. The predicted molar refractivity (Wildman–Crippen MR) is 92.5 cm³/mol. The highest BCUT2D eigenvalue weighted by atomic mass is 35.5. The first-order chi connectivity index (χ1) is 10.5. The van der Waals surface area contributed by atoms with Gasteiger partial charge in [0.15, 0.2) is 11.5 Å². The Morgan fingerprint density at radius 2 is 1.78 bits per heavy atom. The second kappa shape index (κ2) is 6.97. The van der Waals surface area contributed by atoms with E-state index in [1.807, 2.05) is 19.1 Å². The third kappa shape index (κ3) is 3.12. The zero-order chi connectivity index (χ0) is 15.9. The van der Waals surface area contributed by atoms with Crippen LogP contribution in [0.2, 0.25) is 0 Å². The first-order valence-electron chi connectivity index (χ1n) is 7.84. The summed E-state index contributed by atoms with van der Waals surface area (Å²) in [5, 5.41) is 3.04. The number of nitrogens with one attached hydrogen (secondary N) is 1. The Labute approximate surface area is 143 Å². The molecule has 3 rings (SSSR count). The lowest BCUT2D eigenvalue weighted by Gasteiger charge is -2.27. The normalized spacial score (nSPS) is 28.2. The van der Waals surface area contributed by atoms with Crippen LogP contribution in [0.15, 0.2) is 12.1 Å². The molecule has 2 bridgehead atoms. The molecule has 2 aliphatic rings. The Balaban J connectivity index is 0.00000192. The van der Waals surface area contributed by atoms with Crippen LogP contribution in [0, 0.1) is 24.7 Å². The maximum atomic E-state index is 12.7. The Hall–Kier alpha value is -1.46. The number of anilines is 1. The topological polar surface area (TPSA) is 73.6 Å². The predicted octanol–water partition coefficient (Wildman–Crippen LogP) is 2.75. The molecule has 4 unspecified atom stereocenters. The molecule has 2 fully saturated rings. The molecule has 0 aromatic heterocycles. The van der Waals surface area contributed by atoms with E-state index in [4.69, 9.17) is 15.2 Å². The van der Waals surface area contributed by atoms with Gasteiger partial charge >= 0.3 is 0 Å². The second-order valence-electron chi connectivity index (χ2n) is 6.45. The van der Waals surface area contributed by atoms with E-state index >= 15 is 0 Å². The fourth-order valence-corrected chi connectivity index (χ4v) is 4.06. The number of hydrogen-bond donors (Lipinski definition) is 2. The standard InChI is InChI=1S/C17H24N2O3.ClH/c1-9-6-13(21-2)14(22-3)8-12(9)19-17(20)15-10-4-5-11(7-10)16(15)18;/h6,8,10-11,15-16H,4-5,7,18H2,1-3H3,(H,19,20);1H. The summed E-state index contributed by atoms with van der Waals surface area (Å²) >= 11 is 0. The number of fused-ring (bicyclic) bond motifs is 2. The van der Waals surface area contributed by atoms with Crippen molar-refractivity contribution in [2.45, 2.75) is 32.2 Å². The maximum absolute atomic E-state index is 12.7. The van der Waals surface area contributed by atoms with Crippen LogP contribution in [0.4, 0.5) is 5.69 Å². The molecule has 2 aliphatic carbocycles. The van der Waals surface area contributed by atoms with E-state index in [1.165, 1.54) is 6.42 Å². The molecule has 0 saturated heterocycles. The molecular weight excluding hydrogens is 316 g/mol. The second-order valence-corrected chi connectivity index (χ2v) is 6.45. The molecule has 0 heterocycles. The summed E-state index contributed by atoms with van der Waals surface area (Å²) in [6, 6.07) is 3.68. The van der Waals surface area contributed by atoms with Crippen molar-refractivity contribution in [3.05, 3.63) is 17.7 Å². The van der Waals surface area contributed by atoms with Crippen LogP contribution in [-0.2, 0) is 4.79 Å². The average Bonchev–Trinajstić information content (AvgIpc) is 3.09. The number of halogens is 1. The van der Waals surface area contributed by atoms with Crippen molar-refractivity contribution in [3.8, 4) is 11.5 Å². The number of aryl methyl sites for hydroxylation is 1. The van der Waals surface area contributed by atoms with Crippen molar-refractivity contribution in [1.29, 1.82) is 0 Å². The highest BCUT2D eigenvalue weighted by Crippen LogP contribution is 2.48. The van der Waals surface area contributed by atoms with Crippen molar-refractivity contribution in [3.63, 3.8) is 0 Å². The van der Waals surface area contributed by atoms with E-state index in [-0.39, 0.29) is 30.3 Å². The SMILES string of the molecule is COc1cc(C)c(NC(=O)C2C3CCC(C3)C2N)cc1OC.Cl. The molecule has 23 heavy (non-hydrogen) atoms. The Morgan fingerprint density at radius 3 is 2.35 bits per heavy atom. The third-order valence-corrected chi connectivity index (χ3v) is 5.27. The largest absolute Gasteiger partial charge is 0.493 e. The molecule has 1 aromatic rings. The zero-order valence-electron chi connectivity index (χ0n) is 13.8. The Bertz CT molecular complexity index is 591. The zero-order valence-corrected chi connectivity index (χ0v) is 14.6. The van der Waals surface area contributed by atoms with Crippen LogP contribution in [0.3, 0.4) is 0 Å². The van der Waals surface area contributed by atoms with Gasteiger partial charge in [-0.3, -0.25) is 4.79 Å². The van der Waals surface area contributed by atoms with E-state index in [1.54, 1.807) is 14.2 Å². The molecule has 4 atom stereocenters. The van der Waals surface area contributed by atoms with Crippen molar-refractivity contribution in [2.24, 2.45) is 23.5 Å². The maximum Gasteiger partial charge on any atom is 0.229 e. The van der Waals surface area contributed by atoms with Gasteiger partial charge in [-0.1, -0.05) is 0 Å². The van der Waals surface area contributed by atoms with E-state index < -0.39 is 0 Å². The molecule has 1 amide bonds. The third-order valence-electron chi connectivity index (χ3n) is 5.27. The van der Waals surface area contributed by atoms with Crippen LogP contribution in [0.25, 0.3) is 0 Å². The average molecular weight is 341 g/mol. The van der Waals surface area contributed by atoms with Gasteiger partial charge in [-0.15, -0.1) is 12.4 Å². The number of benzene rings is 1. The number of ether oxygens (including phenoxy) is 2. The Morgan fingerprint density at radius 1 is 1.17 bits per heavy atom. The molecule has 0 radical (unpaired) electrons. The molecule has 2 saturated carbocycles. The monoisotopic (exact) mass is 340 g/mol. The molecule has 5 nitrogen and oxygen atoms in total. The molecule has 128 valence electrons. The lowest BCUT2D eigenvalue weighted by atomic mass is 9.84. The quantitative estimate of drug-likeness (QED) is 0.883. The molecule has 0 aliphatic heterocycles. The van der Waals surface area contributed by atoms with Gasteiger partial charge in [0.25, 0.3) is 0 Å². The fourth-order valence-electron chi connectivity index (χ4n) is 4.06. The van der Waals surface area contributed by atoms with E-state index in [0.29, 0.717) is 23.3 Å². The molecule has 3 N–H and O–H groups in total. The summed E-state index contributed by atoms with van der Waals surface area (Å²) in [4.78, 5) is 12.7. The minimum Gasteiger partial charge on any atom is -0.493 e. The summed E-state index contributed by atoms with van der Waals surface area (Å²) in [6.45, 7) is 1.94. The number of hydrogen-bond acceptors (Lipinski definition) is 4. The number of methoxy groups -OCH3 is 2. The van der Waals surface area contributed by atoms with Crippen LogP contribution in [0.5, 0.6) is 11.5 Å². The minimum atomic E-state index is -0.0637. The molecule has 6 heteroatoms. The summed E-state index contributed by atoms with van der Waals surface area (Å²) < 4.78 is 10.6. The van der Waals surface area contributed by atoms with Gasteiger partial charge < -0.3 is 20.5 Å². The number of carbonyl (C=O) groups is 1. The van der Waals surface area contributed by atoms with Gasteiger partial charge in [-0.25, -0.2) is 0 Å². The first-order valence-corrected chi connectivity index (χ1v) is 7.84. The first kappa shape index (κ1) is 17.9. The fraction of sp³-hybridized carbons (Fsp3) is 0.588. The van der Waals surface area contributed by atoms with Gasteiger partial charge in [-0.05, 0) is 49.7 Å². The van der Waals surface area contributed by atoms with E-state index in [2.05, 4.69) is 5.32 Å². The minimum absolute atomic E-state index is 0. The Kier molecular flexibility index (Phi) is 5.42. The molecule has 0 spiro atoms. The van der Waals surface area contributed by atoms with Crippen molar-refractivity contribution in [1.82, 2.24) is 0 Å². The van der Waals surface area contributed by atoms with E-state index in [9.17, 15) is 4.79 Å². The lowest BCUT2D eigenvalue weighted by Crippen LogP contribution is -2.42. The van der Waals surface area contributed by atoms with Crippen LogP contribution in [0.1, 0.15) is 24.8 Å². The highest BCUT2D eigenvalue weighted by molar-refractivity contribution is 5.94. The van der Waals surface area contributed by atoms with Gasteiger partial charge in [0.05, 0.1) is 20.1 Å². The molecule has 1 aromatic carbocycles.